The van der Waals surface area contributed by atoms with Crippen LogP contribution in [0, 0.1) is 29.1 Å². The predicted molar refractivity (Wildman–Crippen MR) is 116 cm³/mol. The van der Waals surface area contributed by atoms with Crippen molar-refractivity contribution in [1.82, 2.24) is 0 Å². The van der Waals surface area contributed by atoms with Crippen LogP contribution in [-0.4, -0.2) is 6.36 Å². The van der Waals surface area contributed by atoms with Gasteiger partial charge in [0.1, 0.15) is 5.75 Å². The molecule has 0 bridgehead atoms. The van der Waals surface area contributed by atoms with Gasteiger partial charge >= 0.3 is 6.36 Å². The van der Waals surface area contributed by atoms with Crippen LogP contribution in [0.5, 0.6) is 5.75 Å². The van der Waals surface area contributed by atoms with Gasteiger partial charge in [-0.2, -0.15) is 5.26 Å². The van der Waals surface area contributed by atoms with Gasteiger partial charge in [-0.15, -0.1) is 13.2 Å². The highest BCUT2D eigenvalue weighted by Gasteiger charge is 2.32. The van der Waals surface area contributed by atoms with Gasteiger partial charge in [-0.25, -0.2) is 0 Å². The van der Waals surface area contributed by atoms with Crippen LogP contribution in [0.25, 0.3) is 0 Å². The first-order valence-electron chi connectivity index (χ1n) is 11.4. The molecule has 2 fully saturated rings. The van der Waals surface area contributed by atoms with Gasteiger partial charge in [0.05, 0.1) is 6.07 Å². The first-order chi connectivity index (χ1) is 14.9. The molecule has 31 heavy (non-hydrogen) atoms. The second-order valence-electron chi connectivity index (χ2n) is 9.07. The molecule has 0 heterocycles. The summed E-state index contributed by atoms with van der Waals surface area (Å²) in [5, 5.41) is 8.56. The molecule has 2 aliphatic rings. The van der Waals surface area contributed by atoms with Crippen molar-refractivity contribution in [3.63, 3.8) is 0 Å². The van der Waals surface area contributed by atoms with Gasteiger partial charge in [-0.05, 0) is 106 Å². The van der Waals surface area contributed by atoms with E-state index in [1.165, 1.54) is 49.8 Å². The molecular weight excluding hydrogens is 399 g/mol. The summed E-state index contributed by atoms with van der Waals surface area (Å²) in [5.41, 5.74) is 2.53. The Morgan fingerprint density at radius 1 is 1.00 bits per heavy atom. The topological polar surface area (TPSA) is 33.0 Å². The van der Waals surface area contributed by atoms with E-state index < -0.39 is 6.36 Å². The molecule has 1 aromatic rings. The summed E-state index contributed by atoms with van der Waals surface area (Å²) in [7, 11) is 0. The molecule has 2 nitrogen and oxygen atoms in total. The van der Waals surface area contributed by atoms with Gasteiger partial charge in [-0.1, -0.05) is 30.4 Å². The highest BCUT2D eigenvalue weighted by molar-refractivity contribution is 5.30. The summed E-state index contributed by atoms with van der Waals surface area (Å²) in [5.74, 6) is 2.22. The fourth-order valence-electron chi connectivity index (χ4n) is 5.36. The molecule has 0 spiro atoms. The number of hydrogen-bond donors (Lipinski definition) is 0. The van der Waals surface area contributed by atoms with E-state index in [2.05, 4.69) is 11.3 Å². The standard InChI is InChI=1S/C26H32F3NO/c1-19(21-8-6-20(7-9-21)5-3-2-4-18-30)22-10-12-23(13-11-22)24-14-16-25(17-15-24)31-26(27,28)29/h2,4,14-17,20-23H,1,3,5-13H2/b4-2+/t20-,21-,22-,23-. The normalized spacial score (nSPS) is 27.0. The minimum Gasteiger partial charge on any atom is -0.406 e. The molecule has 0 saturated heterocycles. The number of nitrogens with zero attached hydrogens (tertiary/aromatic N) is 1. The van der Waals surface area contributed by atoms with E-state index in [0.717, 1.165) is 43.6 Å². The smallest absolute Gasteiger partial charge is 0.406 e. The molecule has 0 amide bonds. The molecule has 0 N–H and O–H groups in total. The second kappa shape index (κ2) is 10.9. The maximum Gasteiger partial charge on any atom is 0.573 e. The quantitative estimate of drug-likeness (QED) is 0.323. The summed E-state index contributed by atoms with van der Waals surface area (Å²) < 4.78 is 41.0. The van der Waals surface area contributed by atoms with E-state index in [4.69, 9.17) is 5.26 Å². The van der Waals surface area contributed by atoms with E-state index in [9.17, 15) is 13.2 Å². The lowest BCUT2D eigenvalue weighted by molar-refractivity contribution is -0.274. The van der Waals surface area contributed by atoms with Crippen LogP contribution in [0.1, 0.15) is 75.7 Å². The zero-order valence-electron chi connectivity index (χ0n) is 18.0. The highest BCUT2D eigenvalue weighted by Crippen LogP contribution is 2.44. The van der Waals surface area contributed by atoms with Crippen LogP contribution in [0.15, 0.2) is 48.6 Å². The van der Waals surface area contributed by atoms with Gasteiger partial charge in [-0.3, -0.25) is 0 Å². The highest BCUT2D eigenvalue weighted by atomic mass is 19.4. The lowest BCUT2D eigenvalue weighted by atomic mass is 9.69. The summed E-state index contributed by atoms with van der Waals surface area (Å²) in [6.45, 7) is 4.49. The Morgan fingerprint density at radius 2 is 1.58 bits per heavy atom. The summed E-state index contributed by atoms with van der Waals surface area (Å²) in [6, 6.07) is 8.43. The van der Waals surface area contributed by atoms with Crippen molar-refractivity contribution in [1.29, 1.82) is 5.26 Å². The molecule has 3 rings (SSSR count). The van der Waals surface area contributed by atoms with Crippen molar-refractivity contribution in [2.75, 3.05) is 0 Å². The lowest BCUT2D eigenvalue weighted by Gasteiger charge is -2.36. The number of ether oxygens (including phenoxy) is 1. The average molecular weight is 432 g/mol. The SMILES string of the molecule is C=C([C@H]1CC[C@H](CC/C=C/C#N)CC1)[C@H]1CC[C@H](c2ccc(OC(F)(F)F)cc2)CC1. The Bertz CT molecular complexity index is 774. The Labute approximate surface area is 183 Å². The third-order valence-corrected chi connectivity index (χ3v) is 7.14. The van der Waals surface area contributed by atoms with E-state index >= 15 is 0 Å². The van der Waals surface area contributed by atoms with E-state index in [1.807, 2.05) is 12.1 Å². The maximum atomic E-state index is 12.3. The zero-order valence-corrected chi connectivity index (χ0v) is 18.0. The summed E-state index contributed by atoms with van der Waals surface area (Å²) >= 11 is 0. The largest absolute Gasteiger partial charge is 0.573 e. The number of rotatable bonds is 7. The molecule has 5 heteroatoms. The first kappa shape index (κ1) is 23.4. The van der Waals surface area contributed by atoms with E-state index in [-0.39, 0.29) is 5.75 Å². The van der Waals surface area contributed by atoms with Crippen molar-refractivity contribution < 1.29 is 17.9 Å². The molecule has 0 unspecified atom stereocenters. The Kier molecular flexibility index (Phi) is 8.23. The third-order valence-electron chi connectivity index (χ3n) is 7.14. The zero-order chi connectivity index (χ0) is 22.3. The first-order valence-corrected chi connectivity index (χ1v) is 11.4. The Morgan fingerprint density at radius 3 is 2.13 bits per heavy atom. The molecule has 1 aromatic carbocycles. The van der Waals surface area contributed by atoms with Gasteiger partial charge < -0.3 is 4.74 Å². The number of alkyl halides is 3. The van der Waals surface area contributed by atoms with Gasteiger partial charge in [0.15, 0.2) is 0 Å². The fourth-order valence-corrected chi connectivity index (χ4v) is 5.36. The van der Waals surface area contributed by atoms with Crippen LogP contribution in [0.3, 0.4) is 0 Å². The Balaban J connectivity index is 1.42. The van der Waals surface area contributed by atoms with Gasteiger partial charge in [0.25, 0.3) is 0 Å². The van der Waals surface area contributed by atoms with Gasteiger partial charge in [0.2, 0.25) is 0 Å². The molecule has 0 radical (unpaired) electrons. The molecule has 0 aliphatic heterocycles. The molecule has 2 saturated carbocycles. The number of nitriles is 1. The van der Waals surface area contributed by atoms with Crippen molar-refractivity contribution >= 4 is 0 Å². The second-order valence-corrected chi connectivity index (χ2v) is 9.07. The Hall–Kier alpha value is -2.22. The molecule has 0 atom stereocenters. The van der Waals surface area contributed by atoms with Crippen molar-refractivity contribution in [2.45, 2.75) is 76.5 Å². The van der Waals surface area contributed by atoms with Crippen molar-refractivity contribution in [2.24, 2.45) is 17.8 Å². The molecule has 0 aromatic heterocycles. The number of allylic oxidation sites excluding steroid dienone is 3. The minimum atomic E-state index is -4.65. The van der Waals surface area contributed by atoms with Crippen molar-refractivity contribution in [3.8, 4) is 11.8 Å². The molecule has 168 valence electrons. The number of benzene rings is 1. The van der Waals surface area contributed by atoms with E-state index in [1.54, 1.807) is 18.2 Å². The lowest BCUT2D eigenvalue weighted by Crippen LogP contribution is -2.22. The van der Waals surface area contributed by atoms with E-state index in [0.29, 0.717) is 17.8 Å². The number of halogens is 3. The average Bonchev–Trinajstić information content (AvgIpc) is 2.76. The van der Waals surface area contributed by atoms with Crippen LogP contribution < -0.4 is 4.74 Å². The monoisotopic (exact) mass is 431 g/mol. The van der Waals surface area contributed by atoms with Crippen molar-refractivity contribution in [3.05, 3.63) is 54.1 Å². The predicted octanol–water partition coefficient (Wildman–Crippen LogP) is 8.08. The van der Waals surface area contributed by atoms with Crippen LogP contribution in [0.4, 0.5) is 13.2 Å². The van der Waals surface area contributed by atoms with Crippen LogP contribution >= 0.6 is 0 Å². The fraction of sp³-hybridized carbons (Fsp3) is 0.577. The number of hydrogen-bond acceptors (Lipinski definition) is 2. The molecule has 2 aliphatic carbocycles. The minimum absolute atomic E-state index is 0.157. The summed E-state index contributed by atoms with van der Waals surface area (Å²) in [4.78, 5) is 0. The van der Waals surface area contributed by atoms with Crippen LogP contribution in [-0.2, 0) is 0 Å². The molecular formula is C26H32F3NO. The van der Waals surface area contributed by atoms with Crippen LogP contribution in [0.2, 0.25) is 0 Å². The third kappa shape index (κ3) is 7.16. The van der Waals surface area contributed by atoms with Gasteiger partial charge in [0, 0.05) is 6.08 Å². The maximum absolute atomic E-state index is 12.3. The summed E-state index contributed by atoms with van der Waals surface area (Å²) in [6.07, 6.45) is 10.4.